The molecule has 0 N–H and O–H groups in total. The first kappa shape index (κ1) is 28.3. The molecule has 0 amide bonds. The number of carbonyl (C=O) groups excluding carboxylic acids is 1. The number of nitrogens with zero attached hydrogens (tertiary/aromatic N) is 2. The van der Waals surface area contributed by atoms with Crippen LogP contribution in [0.4, 0.5) is 11.4 Å². The lowest BCUT2D eigenvalue weighted by atomic mass is 10.0. The molecule has 5 nitrogen and oxygen atoms in total. The minimum absolute atomic E-state index is 0.348. The van der Waals surface area contributed by atoms with Crippen LogP contribution in [0.2, 0.25) is 0 Å². The van der Waals surface area contributed by atoms with E-state index in [0.717, 1.165) is 55.6 Å². The van der Waals surface area contributed by atoms with Gasteiger partial charge in [0.15, 0.2) is 0 Å². The van der Waals surface area contributed by atoms with Gasteiger partial charge in [-0.3, -0.25) is 0 Å². The Balaban J connectivity index is 1.58. The molecular formula is C30H42N2O3. The fourth-order valence-electron chi connectivity index (χ4n) is 3.72. The lowest BCUT2D eigenvalue weighted by molar-refractivity contribution is -0.137. The molecule has 0 saturated heterocycles. The minimum Gasteiger partial charge on any atom is -0.494 e. The molecule has 0 bridgehead atoms. The van der Waals surface area contributed by atoms with Crippen LogP contribution in [0.5, 0.6) is 5.75 Å². The second-order valence-electron chi connectivity index (χ2n) is 8.87. The van der Waals surface area contributed by atoms with E-state index in [2.05, 4.69) is 35.9 Å². The van der Waals surface area contributed by atoms with Crippen molar-refractivity contribution in [1.82, 2.24) is 0 Å². The third-order valence-electron chi connectivity index (χ3n) is 5.84. The lowest BCUT2D eigenvalue weighted by Crippen LogP contribution is -2.01. The van der Waals surface area contributed by atoms with Gasteiger partial charge in [0.1, 0.15) is 5.75 Å². The number of rotatable bonds is 19. The van der Waals surface area contributed by atoms with Crippen molar-refractivity contribution < 1.29 is 14.3 Å². The van der Waals surface area contributed by atoms with Gasteiger partial charge in [-0.1, -0.05) is 77.0 Å². The van der Waals surface area contributed by atoms with Gasteiger partial charge < -0.3 is 9.47 Å². The molecular weight excluding hydrogens is 436 g/mol. The molecule has 190 valence electrons. The summed E-state index contributed by atoms with van der Waals surface area (Å²) < 4.78 is 10.8. The van der Waals surface area contributed by atoms with Crippen LogP contribution in [0.1, 0.15) is 83.1 Å². The topological polar surface area (TPSA) is 60.2 Å². The number of aryl methyl sites for hydroxylation is 1. The number of ether oxygens (including phenoxy) is 2. The Labute approximate surface area is 211 Å². The van der Waals surface area contributed by atoms with Gasteiger partial charge >= 0.3 is 5.97 Å². The van der Waals surface area contributed by atoms with Crippen molar-refractivity contribution in [2.75, 3.05) is 13.2 Å². The van der Waals surface area contributed by atoms with Crippen molar-refractivity contribution in [1.29, 1.82) is 0 Å². The van der Waals surface area contributed by atoms with Crippen LogP contribution in [0.25, 0.3) is 0 Å². The van der Waals surface area contributed by atoms with Crippen molar-refractivity contribution in [3.05, 3.63) is 66.7 Å². The Hall–Kier alpha value is -2.95. The van der Waals surface area contributed by atoms with Gasteiger partial charge in [-0.2, -0.15) is 10.2 Å². The summed E-state index contributed by atoms with van der Waals surface area (Å²) in [7, 11) is 0. The van der Waals surface area contributed by atoms with Crippen molar-refractivity contribution in [2.24, 2.45) is 10.2 Å². The smallest absolute Gasteiger partial charge is 0.330 e. The molecule has 0 aliphatic rings. The standard InChI is InChI=1S/C30H42N2O3/c1-3-5-6-7-9-12-15-26-16-18-27(19-17-26)31-32-28-20-22-29(23-21-28)34-24-13-10-8-11-14-25-35-30(33)4-2/h4,16-23H,2-3,5-15,24-25H2,1H3. The van der Waals surface area contributed by atoms with Gasteiger partial charge in [-0.15, -0.1) is 0 Å². The van der Waals surface area contributed by atoms with Crippen molar-refractivity contribution >= 4 is 17.3 Å². The van der Waals surface area contributed by atoms with E-state index in [1.807, 2.05) is 36.4 Å². The first-order valence-electron chi connectivity index (χ1n) is 13.2. The van der Waals surface area contributed by atoms with Crippen LogP contribution < -0.4 is 4.74 Å². The Bertz CT molecular complexity index is 860. The van der Waals surface area contributed by atoms with E-state index < -0.39 is 0 Å². The third-order valence-corrected chi connectivity index (χ3v) is 5.84. The van der Waals surface area contributed by atoms with Gasteiger partial charge in [0.05, 0.1) is 24.6 Å². The maximum atomic E-state index is 10.9. The van der Waals surface area contributed by atoms with Crippen molar-refractivity contribution in [3.8, 4) is 5.75 Å². The predicted molar refractivity (Wildman–Crippen MR) is 144 cm³/mol. The average molecular weight is 479 g/mol. The molecule has 35 heavy (non-hydrogen) atoms. The fraction of sp³-hybridized carbons (Fsp3) is 0.500. The maximum Gasteiger partial charge on any atom is 0.330 e. The molecule has 0 unspecified atom stereocenters. The van der Waals surface area contributed by atoms with E-state index in [1.54, 1.807) is 0 Å². The highest BCUT2D eigenvalue weighted by molar-refractivity contribution is 5.81. The van der Waals surface area contributed by atoms with E-state index >= 15 is 0 Å². The summed E-state index contributed by atoms with van der Waals surface area (Å²) in [6.45, 7) is 6.80. The summed E-state index contributed by atoms with van der Waals surface area (Å²) in [5.41, 5.74) is 3.05. The fourth-order valence-corrected chi connectivity index (χ4v) is 3.72. The van der Waals surface area contributed by atoms with Crippen molar-refractivity contribution in [3.63, 3.8) is 0 Å². The maximum absolute atomic E-state index is 10.9. The molecule has 5 heteroatoms. The number of hydrogen-bond donors (Lipinski definition) is 0. The first-order valence-corrected chi connectivity index (χ1v) is 13.2. The molecule has 0 aliphatic carbocycles. The molecule has 2 rings (SSSR count). The Kier molecular flexibility index (Phi) is 14.9. The zero-order chi connectivity index (χ0) is 25.0. The zero-order valence-electron chi connectivity index (χ0n) is 21.4. The van der Waals surface area contributed by atoms with Crippen LogP contribution in [-0.2, 0) is 16.0 Å². The monoisotopic (exact) mass is 478 g/mol. The average Bonchev–Trinajstić information content (AvgIpc) is 2.89. The summed E-state index contributed by atoms with van der Waals surface area (Å²) in [4.78, 5) is 10.9. The van der Waals surface area contributed by atoms with E-state index in [9.17, 15) is 4.79 Å². The third kappa shape index (κ3) is 13.5. The number of esters is 1. The minimum atomic E-state index is -0.348. The number of unbranched alkanes of at least 4 members (excludes halogenated alkanes) is 9. The van der Waals surface area contributed by atoms with E-state index in [4.69, 9.17) is 9.47 Å². The molecule has 0 fully saturated rings. The zero-order valence-corrected chi connectivity index (χ0v) is 21.4. The lowest BCUT2D eigenvalue weighted by Gasteiger charge is -2.06. The molecule has 0 atom stereocenters. The highest BCUT2D eigenvalue weighted by Crippen LogP contribution is 2.22. The molecule has 2 aromatic rings. The Morgan fingerprint density at radius 1 is 0.743 bits per heavy atom. The van der Waals surface area contributed by atoms with E-state index in [-0.39, 0.29) is 5.97 Å². The van der Waals surface area contributed by atoms with E-state index in [0.29, 0.717) is 13.2 Å². The largest absolute Gasteiger partial charge is 0.494 e. The van der Waals surface area contributed by atoms with Crippen LogP contribution in [0, 0.1) is 0 Å². The van der Waals surface area contributed by atoms with Gasteiger partial charge in [0, 0.05) is 6.08 Å². The number of carbonyl (C=O) groups is 1. The van der Waals surface area contributed by atoms with Crippen LogP contribution in [0.15, 0.2) is 71.4 Å². The normalized spacial score (nSPS) is 11.0. The molecule has 0 aromatic heterocycles. The first-order chi connectivity index (χ1) is 17.2. The predicted octanol–water partition coefficient (Wildman–Crippen LogP) is 9.06. The van der Waals surface area contributed by atoms with Gasteiger partial charge in [0.25, 0.3) is 0 Å². The highest BCUT2D eigenvalue weighted by atomic mass is 16.5. The van der Waals surface area contributed by atoms with Crippen LogP contribution in [0.3, 0.4) is 0 Å². The second-order valence-corrected chi connectivity index (χ2v) is 8.87. The number of azo groups is 1. The summed E-state index contributed by atoms with van der Waals surface area (Å²) in [6, 6.07) is 16.1. The summed E-state index contributed by atoms with van der Waals surface area (Å²) in [6.07, 6.45) is 15.4. The molecule has 0 radical (unpaired) electrons. The molecule has 0 heterocycles. The van der Waals surface area contributed by atoms with Crippen LogP contribution in [-0.4, -0.2) is 19.2 Å². The molecule has 0 aliphatic heterocycles. The molecule has 0 spiro atoms. The Morgan fingerprint density at radius 3 is 1.91 bits per heavy atom. The summed E-state index contributed by atoms with van der Waals surface area (Å²) in [5, 5.41) is 8.71. The second kappa shape index (κ2) is 18.4. The van der Waals surface area contributed by atoms with Gasteiger partial charge in [-0.25, -0.2) is 4.79 Å². The number of hydrogen-bond acceptors (Lipinski definition) is 5. The van der Waals surface area contributed by atoms with E-state index in [1.165, 1.54) is 50.2 Å². The summed E-state index contributed by atoms with van der Waals surface area (Å²) >= 11 is 0. The SMILES string of the molecule is C=CC(=O)OCCCCCCCOc1ccc(N=Nc2ccc(CCCCCCCC)cc2)cc1. The van der Waals surface area contributed by atoms with Gasteiger partial charge in [-0.05, 0) is 67.6 Å². The number of benzene rings is 2. The Morgan fingerprint density at radius 2 is 1.29 bits per heavy atom. The molecule has 2 aromatic carbocycles. The van der Waals surface area contributed by atoms with Crippen molar-refractivity contribution in [2.45, 2.75) is 84.0 Å². The van der Waals surface area contributed by atoms with Crippen LogP contribution >= 0.6 is 0 Å². The van der Waals surface area contributed by atoms with Gasteiger partial charge in [0.2, 0.25) is 0 Å². The quantitative estimate of drug-likeness (QED) is 0.0875. The summed E-state index contributed by atoms with van der Waals surface area (Å²) in [5.74, 6) is 0.498. The highest BCUT2D eigenvalue weighted by Gasteiger charge is 1.99. The molecule has 0 saturated carbocycles.